The molecule has 1 aromatic heterocycles. The standard InChI is InChI=1S/C23H16Cl2N2O4/c24-16-5-4-15(12-17(16)25)23(7-9-30-19-2-1-8-26-21(19)23)27-22(29)13-3-6-18-14(10-13)11-20(28)31-18/h1-6,8,10,12H,7,9,11H2,(H,27,29). The van der Waals surface area contributed by atoms with Crippen LogP contribution in [0.15, 0.2) is 54.7 Å². The Morgan fingerprint density at radius 1 is 1.06 bits per heavy atom. The molecule has 0 spiro atoms. The zero-order valence-corrected chi connectivity index (χ0v) is 17.7. The number of benzene rings is 2. The highest BCUT2D eigenvalue weighted by molar-refractivity contribution is 6.42. The number of fused-ring (bicyclic) bond motifs is 2. The van der Waals surface area contributed by atoms with Gasteiger partial charge in [0.1, 0.15) is 22.7 Å². The zero-order valence-electron chi connectivity index (χ0n) is 16.2. The summed E-state index contributed by atoms with van der Waals surface area (Å²) in [6.45, 7) is 0.381. The van der Waals surface area contributed by atoms with Crippen LogP contribution in [0.4, 0.5) is 0 Å². The predicted octanol–water partition coefficient (Wildman–Crippen LogP) is 4.31. The van der Waals surface area contributed by atoms with E-state index >= 15 is 0 Å². The van der Waals surface area contributed by atoms with Crippen LogP contribution in [0, 0.1) is 0 Å². The van der Waals surface area contributed by atoms with Crippen LogP contribution in [0.5, 0.6) is 11.5 Å². The second-order valence-corrected chi connectivity index (χ2v) is 8.22. The molecule has 3 heterocycles. The predicted molar refractivity (Wildman–Crippen MR) is 115 cm³/mol. The highest BCUT2D eigenvalue weighted by Gasteiger charge is 2.43. The van der Waals surface area contributed by atoms with Crippen molar-refractivity contribution in [1.82, 2.24) is 10.3 Å². The molecule has 0 saturated heterocycles. The molecule has 3 aromatic rings. The molecule has 1 amide bonds. The van der Waals surface area contributed by atoms with Gasteiger partial charge in [0.15, 0.2) is 0 Å². The molecule has 31 heavy (non-hydrogen) atoms. The van der Waals surface area contributed by atoms with E-state index in [0.717, 1.165) is 5.56 Å². The van der Waals surface area contributed by atoms with Gasteiger partial charge >= 0.3 is 5.97 Å². The summed E-state index contributed by atoms with van der Waals surface area (Å²) in [4.78, 5) is 29.5. The molecule has 0 saturated carbocycles. The first-order chi connectivity index (χ1) is 15.0. The smallest absolute Gasteiger partial charge is 0.315 e. The van der Waals surface area contributed by atoms with Crippen molar-refractivity contribution < 1.29 is 19.1 Å². The minimum absolute atomic E-state index is 0.145. The lowest BCUT2D eigenvalue weighted by atomic mass is 9.81. The Balaban J connectivity index is 1.59. The fourth-order valence-corrected chi connectivity index (χ4v) is 4.33. The Morgan fingerprint density at radius 3 is 2.77 bits per heavy atom. The third-order valence-corrected chi connectivity index (χ3v) is 6.27. The summed E-state index contributed by atoms with van der Waals surface area (Å²) >= 11 is 12.4. The summed E-state index contributed by atoms with van der Waals surface area (Å²) < 4.78 is 10.9. The van der Waals surface area contributed by atoms with Crippen LogP contribution in [0.2, 0.25) is 10.0 Å². The van der Waals surface area contributed by atoms with E-state index in [4.69, 9.17) is 32.7 Å². The van der Waals surface area contributed by atoms with Crippen LogP contribution in [0.25, 0.3) is 0 Å². The van der Waals surface area contributed by atoms with Crippen molar-refractivity contribution in [3.8, 4) is 11.5 Å². The molecule has 2 aliphatic heterocycles. The van der Waals surface area contributed by atoms with Gasteiger partial charge in [-0.2, -0.15) is 0 Å². The van der Waals surface area contributed by atoms with Crippen LogP contribution in [-0.4, -0.2) is 23.5 Å². The first-order valence-corrected chi connectivity index (χ1v) is 10.4. The van der Waals surface area contributed by atoms with E-state index in [9.17, 15) is 9.59 Å². The topological polar surface area (TPSA) is 77.5 Å². The van der Waals surface area contributed by atoms with Crippen LogP contribution < -0.4 is 14.8 Å². The molecule has 5 rings (SSSR count). The van der Waals surface area contributed by atoms with Gasteiger partial charge in [-0.15, -0.1) is 0 Å². The van der Waals surface area contributed by atoms with Gasteiger partial charge in [-0.3, -0.25) is 14.6 Å². The Hall–Kier alpha value is -3.09. The third-order valence-electron chi connectivity index (χ3n) is 5.53. The first-order valence-electron chi connectivity index (χ1n) is 9.66. The molecular formula is C23H16Cl2N2O4. The molecule has 6 nitrogen and oxygen atoms in total. The average molecular weight is 455 g/mol. The second-order valence-electron chi connectivity index (χ2n) is 7.41. The third kappa shape index (κ3) is 3.42. The molecule has 0 fully saturated rings. The van der Waals surface area contributed by atoms with E-state index in [1.165, 1.54) is 0 Å². The van der Waals surface area contributed by atoms with Crippen LogP contribution in [0.1, 0.15) is 33.6 Å². The number of carbonyl (C=O) groups is 2. The van der Waals surface area contributed by atoms with Crippen molar-refractivity contribution in [2.24, 2.45) is 0 Å². The molecule has 156 valence electrons. The number of hydrogen-bond donors (Lipinski definition) is 1. The van der Waals surface area contributed by atoms with E-state index in [-0.39, 0.29) is 18.3 Å². The van der Waals surface area contributed by atoms with E-state index in [2.05, 4.69) is 10.3 Å². The molecule has 0 bridgehead atoms. The minimum Gasteiger partial charge on any atom is -0.491 e. The molecule has 1 unspecified atom stereocenters. The fourth-order valence-electron chi connectivity index (χ4n) is 4.04. The summed E-state index contributed by atoms with van der Waals surface area (Å²) in [5.41, 5.74) is 1.48. The van der Waals surface area contributed by atoms with E-state index < -0.39 is 5.54 Å². The maximum absolute atomic E-state index is 13.4. The first kappa shape index (κ1) is 19.8. The SMILES string of the molecule is O=C1Cc2cc(C(=O)NC3(c4ccc(Cl)c(Cl)c4)CCOc4cccnc43)ccc2O1. The van der Waals surface area contributed by atoms with Crippen molar-refractivity contribution in [2.45, 2.75) is 18.4 Å². The Morgan fingerprint density at radius 2 is 1.94 bits per heavy atom. The number of ether oxygens (including phenoxy) is 2. The van der Waals surface area contributed by atoms with Crippen molar-refractivity contribution in [1.29, 1.82) is 0 Å². The summed E-state index contributed by atoms with van der Waals surface area (Å²) in [5, 5.41) is 3.96. The summed E-state index contributed by atoms with van der Waals surface area (Å²) in [7, 11) is 0. The Bertz CT molecular complexity index is 1230. The summed E-state index contributed by atoms with van der Waals surface area (Å²) in [6.07, 6.45) is 2.25. The number of aromatic nitrogens is 1. The van der Waals surface area contributed by atoms with Gasteiger partial charge in [0.25, 0.3) is 5.91 Å². The molecule has 2 aliphatic rings. The lowest BCUT2D eigenvalue weighted by Crippen LogP contribution is -2.50. The minimum atomic E-state index is -0.967. The quantitative estimate of drug-likeness (QED) is 0.471. The van der Waals surface area contributed by atoms with Gasteiger partial charge in [-0.1, -0.05) is 29.3 Å². The monoisotopic (exact) mass is 454 g/mol. The summed E-state index contributed by atoms with van der Waals surface area (Å²) in [5.74, 6) is 0.431. The number of nitrogens with zero attached hydrogens (tertiary/aromatic N) is 1. The van der Waals surface area contributed by atoms with Gasteiger partial charge in [-0.05, 0) is 48.0 Å². The van der Waals surface area contributed by atoms with Crippen LogP contribution in [0.3, 0.4) is 0 Å². The highest BCUT2D eigenvalue weighted by Crippen LogP contribution is 2.42. The van der Waals surface area contributed by atoms with Gasteiger partial charge in [0.05, 0.1) is 23.1 Å². The number of hydrogen-bond acceptors (Lipinski definition) is 5. The van der Waals surface area contributed by atoms with E-state index in [1.807, 2.05) is 12.1 Å². The normalized spacial score (nSPS) is 19.1. The molecule has 1 atom stereocenters. The molecule has 2 aromatic carbocycles. The Labute approximate surface area is 188 Å². The number of rotatable bonds is 3. The second kappa shape index (κ2) is 7.55. The van der Waals surface area contributed by atoms with Crippen LogP contribution >= 0.6 is 23.2 Å². The zero-order chi connectivity index (χ0) is 21.6. The molecular weight excluding hydrogens is 439 g/mol. The van der Waals surface area contributed by atoms with Gasteiger partial charge < -0.3 is 14.8 Å². The lowest BCUT2D eigenvalue weighted by molar-refractivity contribution is -0.131. The number of halogens is 2. The molecule has 0 radical (unpaired) electrons. The maximum Gasteiger partial charge on any atom is 0.315 e. The van der Waals surface area contributed by atoms with Gasteiger partial charge in [-0.25, -0.2) is 0 Å². The van der Waals surface area contributed by atoms with Crippen molar-refractivity contribution in [3.05, 3.63) is 87.2 Å². The average Bonchev–Trinajstić information content (AvgIpc) is 3.15. The molecule has 8 heteroatoms. The van der Waals surface area contributed by atoms with Crippen LogP contribution in [-0.2, 0) is 16.8 Å². The number of nitrogens with one attached hydrogen (secondary N) is 1. The van der Waals surface area contributed by atoms with Crippen molar-refractivity contribution in [3.63, 3.8) is 0 Å². The van der Waals surface area contributed by atoms with Crippen molar-refractivity contribution in [2.75, 3.05) is 6.61 Å². The fraction of sp³-hybridized carbons (Fsp3) is 0.174. The van der Waals surface area contributed by atoms with Crippen molar-refractivity contribution >= 4 is 35.1 Å². The molecule has 0 aliphatic carbocycles. The Kier molecular flexibility index (Phi) is 4.84. The van der Waals surface area contributed by atoms with E-state index in [1.54, 1.807) is 42.6 Å². The maximum atomic E-state index is 13.4. The number of amides is 1. The van der Waals surface area contributed by atoms with Gasteiger partial charge in [0.2, 0.25) is 0 Å². The van der Waals surface area contributed by atoms with E-state index in [0.29, 0.717) is 51.4 Å². The number of pyridine rings is 1. The highest BCUT2D eigenvalue weighted by atomic mass is 35.5. The largest absolute Gasteiger partial charge is 0.491 e. The lowest BCUT2D eigenvalue weighted by Gasteiger charge is -2.39. The number of carbonyl (C=O) groups excluding carboxylic acids is 2. The summed E-state index contributed by atoms with van der Waals surface area (Å²) in [6, 6.07) is 13.8. The number of esters is 1. The van der Waals surface area contributed by atoms with Gasteiger partial charge in [0, 0.05) is 23.7 Å². The molecule has 1 N–H and O–H groups in total.